The maximum absolute atomic E-state index is 12.7. The van der Waals surface area contributed by atoms with Crippen LogP contribution in [0.5, 0.6) is 11.5 Å². The van der Waals surface area contributed by atoms with Crippen molar-refractivity contribution in [3.05, 3.63) is 36.2 Å². The molecule has 0 bridgehead atoms. The zero-order valence-electron chi connectivity index (χ0n) is 12.2. The fraction of sp³-hybridized carbons (Fsp3) is 0.357. The Balaban J connectivity index is 2.56. The lowest BCUT2D eigenvalue weighted by atomic mass is 10.3. The Morgan fingerprint density at radius 3 is 2.43 bits per heavy atom. The first-order valence-corrected chi connectivity index (χ1v) is 8.10. The lowest BCUT2D eigenvalue weighted by Crippen LogP contribution is -2.15. The van der Waals surface area contributed by atoms with E-state index >= 15 is 0 Å². The molecule has 0 saturated carbocycles. The van der Waals surface area contributed by atoms with Crippen LogP contribution in [0.25, 0.3) is 0 Å². The number of aryl methyl sites for hydroxylation is 1. The number of benzene rings is 1. The number of nitrogens with zero attached hydrogens (tertiary/aromatic N) is 2. The third kappa shape index (κ3) is 3.18. The Bertz CT molecular complexity index is 722. The number of hydrogen-bond acceptors (Lipinski definition) is 5. The molecule has 6 nitrogen and oxygen atoms in total. The highest BCUT2D eigenvalue weighted by molar-refractivity contribution is 7.90. The lowest BCUT2D eigenvalue weighted by Gasteiger charge is -2.13. The maximum atomic E-state index is 12.7. The smallest absolute Gasteiger partial charge is 0.286 e. The van der Waals surface area contributed by atoms with Crippen molar-refractivity contribution < 1.29 is 17.9 Å². The van der Waals surface area contributed by atoms with Gasteiger partial charge in [-0.05, 0) is 39.0 Å². The molecular weight excluding hydrogens is 292 g/mol. The van der Waals surface area contributed by atoms with Crippen LogP contribution in [-0.4, -0.2) is 30.8 Å². The second-order valence-electron chi connectivity index (χ2n) is 4.31. The second kappa shape index (κ2) is 6.17. The first-order valence-electron chi connectivity index (χ1n) is 6.66. The molecule has 0 amide bonds. The molecule has 0 atom stereocenters. The monoisotopic (exact) mass is 310 g/mol. The zero-order chi connectivity index (χ0) is 15.5. The molecule has 0 radical (unpaired) electrons. The van der Waals surface area contributed by atoms with Crippen LogP contribution in [0.4, 0.5) is 0 Å². The minimum atomic E-state index is -3.81. The van der Waals surface area contributed by atoms with E-state index in [1.807, 2.05) is 6.92 Å². The van der Waals surface area contributed by atoms with E-state index in [9.17, 15) is 8.42 Å². The van der Waals surface area contributed by atoms with Crippen molar-refractivity contribution in [1.29, 1.82) is 0 Å². The Morgan fingerprint density at radius 2 is 1.86 bits per heavy atom. The normalized spacial score (nSPS) is 11.4. The van der Waals surface area contributed by atoms with Gasteiger partial charge in [-0.3, -0.25) is 0 Å². The molecule has 114 valence electrons. The van der Waals surface area contributed by atoms with Crippen LogP contribution in [-0.2, 0) is 10.0 Å². The lowest BCUT2D eigenvalue weighted by molar-refractivity contribution is 0.322. The Hall–Kier alpha value is -2.02. The average Bonchev–Trinajstić information content (AvgIpc) is 2.88. The number of ether oxygens (including phenoxy) is 2. The standard InChI is InChI=1S/C14H18N2O4S/c1-4-19-12-6-7-13(20-5-2)14(10-12)21(17,18)16-9-8-11(3)15-16/h6-10H,4-5H2,1-3H3. The fourth-order valence-corrected chi connectivity index (χ4v) is 3.15. The van der Waals surface area contributed by atoms with E-state index in [0.29, 0.717) is 24.7 Å². The molecule has 7 heteroatoms. The van der Waals surface area contributed by atoms with Gasteiger partial charge in [-0.15, -0.1) is 0 Å². The predicted octanol–water partition coefficient (Wildman–Crippen LogP) is 2.23. The molecule has 0 aliphatic heterocycles. The summed E-state index contributed by atoms with van der Waals surface area (Å²) in [6, 6.07) is 6.37. The maximum Gasteiger partial charge on any atom is 0.286 e. The van der Waals surface area contributed by atoms with Gasteiger partial charge in [0, 0.05) is 12.3 Å². The highest BCUT2D eigenvalue weighted by Crippen LogP contribution is 2.30. The molecule has 2 aromatic rings. The number of rotatable bonds is 6. The van der Waals surface area contributed by atoms with Crippen LogP contribution in [0.3, 0.4) is 0 Å². The van der Waals surface area contributed by atoms with Crippen LogP contribution < -0.4 is 9.47 Å². The first-order chi connectivity index (χ1) is 9.98. The fourth-order valence-electron chi connectivity index (χ4n) is 1.85. The SMILES string of the molecule is CCOc1ccc(OCC)c(S(=O)(=O)n2ccc(C)n2)c1. The largest absolute Gasteiger partial charge is 0.494 e. The topological polar surface area (TPSA) is 70.4 Å². The van der Waals surface area contributed by atoms with E-state index in [1.54, 1.807) is 32.0 Å². The Labute approximate surface area is 124 Å². The van der Waals surface area contributed by atoms with Crippen LogP contribution in [0, 0.1) is 6.92 Å². The van der Waals surface area contributed by atoms with Gasteiger partial charge in [0.1, 0.15) is 16.4 Å². The van der Waals surface area contributed by atoms with Crippen LogP contribution >= 0.6 is 0 Å². The summed E-state index contributed by atoms with van der Waals surface area (Å²) in [6.45, 7) is 6.18. The van der Waals surface area contributed by atoms with Gasteiger partial charge in [0.05, 0.1) is 18.9 Å². The molecule has 0 spiro atoms. The summed E-state index contributed by atoms with van der Waals surface area (Å²) in [5.74, 6) is 0.762. The van der Waals surface area contributed by atoms with Crippen molar-refractivity contribution in [3.8, 4) is 11.5 Å². The summed E-state index contributed by atoms with van der Waals surface area (Å²) in [6.07, 6.45) is 1.41. The van der Waals surface area contributed by atoms with E-state index in [-0.39, 0.29) is 10.6 Å². The summed E-state index contributed by atoms with van der Waals surface area (Å²) in [5, 5.41) is 3.97. The molecule has 0 N–H and O–H groups in total. The molecule has 0 fully saturated rings. The average molecular weight is 310 g/mol. The molecule has 1 aromatic heterocycles. The van der Waals surface area contributed by atoms with Gasteiger partial charge in [0.25, 0.3) is 10.0 Å². The first kappa shape index (κ1) is 15.4. The highest BCUT2D eigenvalue weighted by atomic mass is 32.2. The van der Waals surface area contributed by atoms with Crippen molar-refractivity contribution in [3.63, 3.8) is 0 Å². The number of hydrogen-bond donors (Lipinski definition) is 0. The molecule has 1 aromatic carbocycles. The van der Waals surface area contributed by atoms with Gasteiger partial charge in [-0.2, -0.15) is 17.6 Å². The van der Waals surface area contributed by atoms with Crippen LogP contribution in [0.15, 0.2) is 35.4 Å². The van der Waals surface area contributed by atoms with Crippen molar-refractivity contribution in [2.24, 2.45) is 0 Å². The van der Waals surface area contributed by atoms with Gasteiger partial charge < -0.3 is 9.47 Å². The number of aromatic nitrogens is 2. The van der Waals surface area contributed by atoms with Gasteiger partial charge >= 0.3 is 0 Å². The molecule has 0 aliphatic rings. The van der Waals surface area contributed by atoms with Crippen molar-refractivity contribution in [1.82, 2.24) is 9.19 Å². The van der Waals surface area contributed by atoms with Crippen LogP contribution in [0.2, 0.25) is 0 Å². The van der Waals surface area contributed by atoms with E-state index in [1.165, 1.54) is 12.3 Å². The van der Waals surface area contributed by atoms with Gasteiger partial charge in [0.15, 0.2) is 0 Å². The van der Waals surface area contributed by atoms with Gasteiger partial charge in [0.2, 0.25) is 0 Å². The highest BCUT2D eigenvalue weighted by Gasteiger charge is 2.23. The Kier molecular flexibility index (Phi) is 4.52. The molecule has 21 heavy (non-hydrogen) atoms. The molecule has 2 rings (SSSR count). The van der Waals surface area contributed by atoms with Crippen LogP contribution in [0.1, 0.15) is 19.5 Å². The van der Waals surface area contributed by atoms with E-state index in [4.69, 9.17) is 9.47 Å². The molecule has 0 unspecified atom stereocenters. The minimum absolute atomic E-state index is 0.0402. The summed E-state index contributed by atoms with van der Waals surface area (Å²) in [4.78, 5) is 0.0402. The summed E-state index contributed by atoms with van der Waals surface area (Å²) in [7, 11) is -3.81. The van der Waals surface area contributed by atoms with Gasteiger partial charge in [-0.25, -0.2) is 0 Å². The summed E-state index contributed by atoms with van der Waals surface area (Å²) in [5.41, 5.74) is 0.623. The van der Waals surface area contributed by atoms with Gasteiger partial charge in [-0.1, -0.05) is 0 Å². The summed E-state index contributed by atoms with van der Waals surface area (Å²) < 4.78 is 37.0. The quantitative estimate of drug-likeness (QED) is 0.818. The third-order valence-electron chi connectivity index (χ3n) is 2.75. The minimum Gasteiger partial charge on any atom is -0.494 e. The summed E-state index contributed by atoms with van der Waals surface area (Å²) >= 11 is 0. The third-order valence-corrected chi connectivity index (χ3v) is 4.32. The van der Waals surface area contributed by atoms with Crippen molar-refractivity contribution >= 4 is 10.0 Å². The second-order valence-corrected chi connectivity index (χ2v) is 6.07. The molecule has 0 saturated heterocycles. The van der Waals surface area contributed by atoms with E-state index < -0.39 is 10.0 Å². The molecule has 1 heterocycles. The van der Waals surface area contributed by atoms with Crippen molar-refractivity contribution in [2.75, 3.05) is 13.2 Å². The zero-order valence-corrected chi connectivity index (χ0v) is 13.1. The molecule has 0 aliphatic carbocycles. The Morgan fingerprint density at radius 1 is 1.14 bits per heavy atom. The predicted molar refractivity (Wildman–Crippen MR) is 78.3 cm³/mol. The van der Waals surface area contributed by atoms with E-state index in [2.05, 4.69) is 5.10 Å². The molecular formula is C14H18N2O4S. The van der Waals surface area contributed by atoms with E-state index in [0.717, 1.165) is 4.09 Å². The van der Waals surface area contributed by atoms with Crippen molar-refractivity contribution in [2.45, 2.75) is 25.7 Å².